The molecule has 1 atom stereocenters. The number of amides is 1. The van der Waals surface area contributed by atoms with E-state index in [1.54, 1.807) is 4.90 Å². The molecule has 0 bridgehead atoms. The van der Waals surface area contributed by atoms with Gasteiger partial charge in [0.2, 0.25) is 5.91 Å². The zero-order valence-corrected chi connectivity index (χ0v) is 12.6. The molecule has 0 aromatic heterocycles. The fourth-order valence-electron chi connectivity index (χ4n) is 2.95. The number of carboxylic acid groups (broad SMARTS) is 1. The largest absolute Gasteiger partial charge is 0.478 e. The van der Waals surface area contributed by atoms with E-state index >= 15 is 0 Å². The Labute approximate surface area is 134 Å². The molecule has 0 aliphatic carbocycles. The van der Waals surface area contributed by atoms with Crippen molar-refractivity contribution >= 4 is 23.6 Å². The van der Waals surface area contributed by atoms with Crippen molar-refractivity contribution in [2.45, 2.75) is 12.3 Å². The summed E-state index contributed by atoms with van der Waals surface area (Å²) in [6.07, 6.45) is 3.38. The van der Waals surface area contributed by atoms with Crippen LogP contribution < -0.4 is 4.90 Å². The maximum absolute atomic E-state index is 12.8. The molecule has 0 saturated carbocycles. The highest BCUT2D eigenvalue weighted by Gasteiger charge is 2.34. The number of rotatable bonds is 4. The Morgan fingerprint density at radius 3 is 2.52 bits per heavy atom. The van der Waals surface area contributed by atoms with Crippen LogP contribution in [0.15, 0.2) is 60.7 Å². The highest BCUT2D eigenvalue weighted by Crippen LogP contribution is 2.34. The number of nitrogens with zero attached hydrogens (tertiary/aromatic N) is 1. The van der Waals surface area contributed by atoms with Crippen LogP contribution in [0.3, 0.4) is 0 Å². The van der Waals surface area contributed by atoms with Crippen LogP contribution in [-0.4, -0.2) is 23.5 Å². The van der Waals surface area contributed by atoms with Crippen LogP contribution in [0.25, 0.3) is 6.08 Å². The molecule has 4 heteroatoms. The molecule has 1 saturated heterocycles. The predicted molar refractivity (Wildman–Crippen MR) is 89.3 cm³/mol. The van der Waals surface area contributed by atoms with Crippen molar-refractivity contribution < 1.29 is 14.7 Å². The number of anilines is 1. The molecule has 0 radical (unpaired) electrons. The quantitative estimate of drug-likeness (QED) is 0.882. The number of benzene rings is 2. The second kappa shape index (κ2) is 6.48. The summed E-state index contributed by atoms with van der Waals surface area (Å²) in [4.78, 5) is 25.3. The smallest absolute Gasteiger partial charge is 0.328 e. The molecule has 1 fully saturated rings. The van der Waals surface area contributed by atoms with Crippen molar-refractivity contribution in [3.8, 4) is 0 Å². The molecule has 2 aromatic rings. The van der Waals surface area contributed by atoms with Gasteiger partial charge in [-0.25, -0.2) is 4.79 Å². The van der Waals surface area contributed by atoms with Gasteiger partial charge < -0.3 is 10.0 Å². The van der Waals surface area contributed by atoms with E-state index in [4.69, 9.17) is 5.11 Å². The van der Waals surface area contributed by atoms with Crippen molar-refractivity contribution in [2.75, 3.05) is 11.4 Å². The van der Waals surface area contributed by atoms with Gasteiger partial charge in [-0.3, -0.25) is 4.79 Å². The van der Waals surface area contributed by atoms with Crippen LogP contribution in [0.5, 0.6) is 0 Å². The molecular weight excluding hydrogens is 290 g/mol. The summed E-state index contributed by atoms with van der Waals surface area (Å²) in [6.45, 7) is 0.635. The minimum Gasteiger partial charge on any atom is -0.478 e. The third-order valence-corrected chi connectivity index (χ3v) is 4.04. The van der Waals surface area contributed by atoms with Gasteiger partial charge in [-0.05, 0) is 29.7 Å². The zero-order valence-electron chi connectivity index (χ0n) is 12.6. The second-order valence-electron chi connectivity index (χ2n) is 5.47. The van der Waals surface area contributed by atoms with E-state index in [1.165, 1.54) is 6.08 Å². The first kappa shape index (κ1) is 15.0. The molecule has 1 aliphatic rings. The third-order valence-electron chi connectivity index (χ3n) is 4.04. The summed E-state index contributed by atoms with van der Waals surface area (Å²) >= 11 is 0. The first-order valence-corrected chi connectivity index (χ1v) is 7.53. The lowest BCUT2D eigenvalue weighted by Crippen LogP contribution is -2.27. The van der Waals surface area contributed by atoms with E-state index in [1.807, 2.05) is 54.6 Å². The van der Waals surface area contributed by atoms with Crippen LogP contribution >= 0.6 is 0 Å². The first-order chi connectivity index (χ1) is 11.2. The molecule has 23 heavy (non-hydrogen) atoms. The topological polar surface area (TPSA) is 57.6 Å². The van der Waals surface area contributed by atoms with Gasteiger partial charge in [0.1, 0.15) is 0 Å². The lowest BCUT2D eigenvalue weighted by Gasteiger charge is -2.19. The molecule has 2 aromatic carbocycles. The van der Waals surface area contributed by atoms with E-state index in [-0.39, 0.29) is 11.8 Å². The van der Waals surface area contributed by atoms with Gasteiger partial charge in [0.05, 0.1) is 11.6 Å². The fourth-order valence-corrected chi connectivity index (χ4v) is 2.95. The predicted octanol–water partition coefficient (Wildman–Crippen LogP) is 3.30. The normalized spacial score (nSPS) is 17.8. The lowest BCUT2D eigenvalue weighted by atomic mass is 9.98. The van der Waals surface area contributed by atoms with Gasteiger partial charge >= 0.3 is 5.97 Å². The minimum absolute atomic E-state index is 0.0624. The maximum atomic E-state index is 12.8. The van der Waals surface area contributed by atoms with E-state index in [2.05, 4.69) is 0 Å². The standard InChI is InChI=1S/C19H17NO3/c21-18(22)11-10-15-8-4-5-9-17(15)20-13-12-16(19(20)23)14-6-2-1-3-7-14/h1-11,16H,12-13H2,(H,21,22)/b11-10+/t16-/m0/s1. The molecular formula is C19H17NO3. The molecule has 1 aliphatic heterocycles. The number of carbonyl (C=O) groups excluding carboxylic acids is 1. The first-order valence-electron chi connectivity index (χ1n) is 7.53. The van der Waals surface area contributed by atoms with Gasteiger partial charge in [0.15, 0.2) is 0 Å². The Morgan fingerprint density at radius 2 is 1.78 bits per heavy atom. The Balaban J connectivity index is 1.89. The average molecular weight is 307 g/mol. The van der Waals surface area contributed by atoms with Gasteiger partial charge in [0.25, 0.3) is 0 Å². The van der Waals surface area contributed by atoms with Crippen LogP contribution in [0, 0.1) is 0 Å². The number of carboxylic acids is 1. The van der Waals surface area contributed by atoms with Gasteiger partial charge in [-0.1, -0.05) is 48.5 Å². The van der Waals surface area contributed by atoms with Crippen molar-refractivity contribution in [3.63, 3.8) is 0 Å². The van der Waals surface area contributed by atoms with Gasteiger partial charge in [-0.2, -0.15) is 0 Å². The Morgan fingerprint density at radius 1 is 1.09 bits per heavy atom. The van der Waals surface area contributed by atoms with Crippen molar-refractivity contribution in [1.82, 2.24) is 0 Å². The van der Waals surface area contributed by atoms with Gasteiger partial charge in [-0.15, -0.1) is 0 Å². The number of hydrogen-bond acceptors (Lipinski definition) is 2. The van der Waals surface area contributed by atoms with Crippen LogP contribution in [0.4, 0.5) is 5.69 Å². The highest BCUT2D eigenvalue weighted by molar-refractivity contribution is 6.02. The number of carbonyl (C=O) groups is 2. The Bertz CT molecular complexity index is 752. The molecule has 0 spiro atoms. The fraction of sp³-hybridized carbons (Fsp3) is 0.158. The van der Waals surface area contributed by atoms with Crippen molar-refractivity contribution in [2.24, 2.45) is 0 Å². The SMILES string of the molecule is O=C(O)/C=C/c1ccccc1N1CC[C@@H](c2ccccc2)C1=O. The van der Waals surface area contributed by atoms with E-state index in [0.29, 0.717) is 6.54 Å². The minimum atomic E-state index is -1.00. The second-order valence-corrected chi connectivity index (χ2v) is 5.47. The summed E-state index contributed by atoms with van der Waals surface area (Å²) in [5.74, 6) is -1.07. The number of aliphatic carboxylic acids is 1. The summed E-state index contributed by atoms with van der Waals surface area (Å²) < 4.78 is 0. The van der Waals surface area contributed by atoms with Crippen molar-refractivity contribution in [1.29, 1.82) is 0 Å². The van der Waals surface area contributed by atoms with Crippen LogP contribution in [0.2, 0.25) is 0 Å². The molecule has 4 nitrogen and oxygen atoms in total. The number of hydrogen-bond donors (Lipinski definition) is 1. The lowest BCUT2D eigenvalue weighted by molar-refractivity contribution is -0.131. The van der Waals surface area contributed by atoms with Crippen LogP contribution in [0.1, 0.15) is 23.5 Å². The van der Waals surface area contributed by atoms with Crippen molar-refractivity contribution in [3.05, 3.63) is 71.8 Å². The molecule has 1 amide bonds. The molecule has 1 N–H and O–H groups in total. The maximum Gasteiger partial charge on any atom is 0.328 e. The zero-order chi connectivity index (χ0) is 16.2. The molecule has 0 unspecified atom stereocenters. The molecule has 1 heterocycles. The van der Waals surface area contributed by atoms with E-state index in [0.717, 1.165) is 29.3 Å². The number of para-hydroxylation sites is 1. The molecule has 116 valence electrons. The Hall–Kier alpha value is -2.88. The molecule has 3 rings (SSSR count). The monoisotopic (exact) mass is 307 g/mol. The summed E-state index contributed by atoms with van der Waals surface area (Å²) in [7, 11) is 0. The Kier molecular flexibility index (Phi) is 4.24. The summed E-state index contributed by atoms with van der Waals surface area (Å²) in [5.41, 5.74) is 2.52. The third kappa shape index (κ3) is 3.16. The van der Waals surface area contributed by atoms with Gasteiger partial charge in [0, 0.05) is 12.6 Å². The highest BCUT2D eigenvalue weighted by atomic mass is 16.4. The summed E-state index contributed by atoms with van der Waals surface area (Å²) in [6, 6.07) is 17.1. The summed E-state index contributed by atoms with van der Waals surface area (Å²) in [5, 5.41) is 8.81. The average Bonchev–Trinajstić information content (AvgIpc) is 2.95. The van der Waals surface area contributed by atoms with Crippen LogP contribution in [-0.2, 0) is 9.59 Å². The van der Waals surface area contributed by atoms with E-state index in [9.17, 15) is 9.59 Å². The van der Waals surface area contributed by atoms with E-state index < -0.39 is 5.97 Å².